The zero-order chi connectivity index (χ0) is 35.9. The van der Waals surface area contributed by atoms with Gasteiger partial charge in [0.15, 0.2) is 5.60 Å². The van der Waals surface area contributed by atoms with Gasteiger partial charge >= 0.3 is 5.97 Å². The van der Waals surface area contributed by atoms with E-state index in [1.165, 1.54) is 0 Å². The molecule has 2 aromatic carbocycles. The third-order valence-corrected chi connectivity index (χ3v) is 10.5. The van der Waals surface area contributed by atoms with Crippen molar-refractivity contribution in [3.63, 3.8) is 0 Å². The SMILES string of the molecule is C=CCc1ccc(O[C@H]2O[C@H]3[C@@H](O)[C@H](O)[C@]2(O)C[C@H](CC[C@]2(O)CC[C@H](Cc4ccc(C(=O)O)cc4)C2)[C@@H](O)CC#CO[C@H]3CCCO)cc1. The van der Waals surface area contributed by atoms with Crippen molar-refractivity contribution in [1.29, 1.82) is 0 Å². The largest absolute Gasteiger partial charge is 0.478 e. The average molecular weight is 695 g/mol. The summed E-state index contributed by atoms with van der Waals surface area (Å²) in [6, 6.07) is 13.9. The summed E-state index contributed by atoms with van der Waals surface area (Å²) in [5.41, 5.74) is -1.01. The highest BCUT2D eigenvalue weighted by Gasteiger charge is 2.59. The van der Waals surface area contributed by atoms with Gasteiger partial charge in [-0.25, -0.2) is 4.79 Å². The van der Waals surface area contributed by atoms with E-state index in [4.69, 9.17) is 14.2 Å². The third kappa shape index (κ3) is 9.06. The standard InChI is InChI=1S/C39H50O11/c1-2-5-25-10-14-30(15-11-25)49-37-39(47)24-29(31(41)6-4-21-48-32(7-3-20-40)34(50-37)33(42)35(39)43)17-19-38(46)18-16-27(23-38)22-26-8-12-28(13-9-26)36(44)45/h2,8-15,27,29,31-35,37,40-43,46-47H,1,3,5-7,16-20,22-24H2,(H,44,45)/t27-,29+,31+,32+,33-,34-,35+,37+,38-,39-/m1/s1. The number of allylic oxidation sites excluding steroid dienone is 1. The van der Waals surface area contributed by atoms with Crippen LogP contribution in [-0.2, 0) is 22.3 Å². The number of carbonyl (C=O) groups is 1. The van der Waals surface area contributed by atoms with Crippen molar-refractivity contribution in [1.82, 2.24) is 0 Å². The van der Waals surface area contributed by atoms with Gasteiger partial charge in [-0.2, -0.15) is 0 Å². The Balaban J connectivity index is 1.36. The number of aromatic carboxylic acids is 1. The highest BCUT2D eigenvalue weighted by molar-refractivity contribution is 5.87. The van der Waals surface area contributed by atoms with Crippen molar-refractivity contribution in [2.24, 2.45) is 11.8 Å². The third-order valence-electron chi connectivity index (χ3n) is 10.5. The lowest BCUT2D eigenvalue weighted by atomic mass is 9.74. The molecule has 11 nitrogen and oxygen atoms in total. The molecule has 0 spiro atoms. The van der Waals surface area contributed by atoms with Crippen LogP contribution in [0.5, 0.6) is 5.75 Å². The molecule has 4 aliphatic rings. The first-order valence-corrected chi connectivity index (χ1v) is 17.5. The Morgan fingerprint density at radius 3 is 2.42 bits per heavy atom. The van der Waals surface area contributed by atoms with E-state index in [0.717, 1.165) is 17.5 Å². The van der Waals surface area contributed by atoms with Gasteiger partial charge in [-0.05, 0) is 111 Å². The molecule has 3 aliphatic heterocycles. The van der Waals surface area contributed by atoms with Crippen LogP contribution < -0.4 is 4.74 Å². The number of carboxylic acids is 1. The molecule has 2 fully saturated rings. The lowest BCUT2D eigenvalue weighted by molar-refractivity contribution is -0.333. The van der Waals surface area contributed by atoms with Crippen LogP contribution >= 0.6 is 0 Å². The topological polar surface area (TPSA) is 186 Å². The van der Waals surface area contributed by atoms with Crippen molar-refractivity contribution in [3.05, 3.63) is 77.9 Å². The van der Waals surface area contributed by atoms with Crippen LogP contribution in [0.25, 0.3) is 0 Å². The summed E-state index contributed by atoms with van der Waals surface area (Å²) in [5.74, 6) is 1.69. The molecule has 1 aliphatic carbocycles. The molecule has 3 heterocycles. The molecule has 0 aromatic heterocycles. The Hall–Kier alpha value is -3.47. The van der Waals surface area contributed by atoms with E-state index in [9.17, 15) is 40.5 Å². The van der Waals surface area contributed by atoms with Crippen molar-refractivity contribution >= 4 is 5.97 Å². The average Bonchev–Trinajstić information content (AvgIpc) is 3.47. The molecule has 2 aromatic rings. The van der Waals surface area contributed by atoms with Crippen molar-refractivity contribution < 1.29 is 54.8 Å². The minimum atomic E-state index is -2.18. The second-order valence-electron chi connectivity index (χ2n) is 14.2. The predicted molar refractivity (Wildman–Crippen MR) is 183 cm³/mol. The molecule has 50 heavy (non-hydrogen) atoms. The van der Waals surface area contributed by atoms with E-state index in [2.05, 4.69) is 18.6 Å². The molecule has 7 N–H and O–H groups in total. The number of rotatable bonds is 13. The van der Waals surface area contributed by atoms with E-state index in [1.54, 1.807) is 42.5 Å². The van der Waals surface area contributed by atoms with E-state index < -0.39 is 59.9 Å². The molecule has 11 heteroatoms. The summed E-state index contributed by atoms with van der Waals surface area (Å²) in [7, 11) is 0. The Morgan fingerprint density at radius 2 is 1.74 bits per heavy atom. The first-order chi connectivity index (χ1) is 23.9. The Morgan fingerprint density at radius 1 is 1.02 bits per heavy atom. The molecule has 0 amide bonds. The molecule has 2 bridgehead atoms. The molecule has 0 unspecified atom stereocenters. The maximum absolute atomic E-state index is 12.3. The fourth-order valence-corrected chi connectivity index (χ4v) is 7.65. The summed E-state index contributed by atoms with van der Waals surface area (Å²) in [4.78, 5) is 11.2. The molecule has 1 saturated heterocycles. The van der Waals surface area contributed by atoms with Gasteiger partial charge in [-0.15, -0.1) is 6.58 Å². The molecular formula is C39H50O11. The van der Waals surface area contributed by atoms with Crippen LogP contribution in [0.15, 0.2) is 61.2 Å². The summed E-state index contributed by atoms with van der Waals surface area (Å²) in [6.45, 7) is 3.62. The molecular weight excluding hydrogens is 644 g/mol. The fraction of sp³-hybridized carbons (Fsp3) is 0.564. The molecule has 10 atom stereocenters. The molecule has 1 saturated carbocycles. The summed E-state index contributed by atoms with van der Waals surface area (Å²) in [6.07, 6.45) is 0.487. The monoisotopic (exact) mass is 694 g/mol. The highest BCUT2D eigenvalue weighted by atomic mass is 16.7. The summed E-state index contributed by atoms with van der Waals surface area (Å²) in [5, 5.41) is 76.9. The van der Waals surface area contributed by atoms with Crippen molar-refractivity contribution in [3.8, 4) is 17.8 Å². The summed E-state index contributed by atoms with van der Waals surface area (Å²) < 4.78 is 18.2. The van der Waals surface area contributed by atoms with Gasteiger partial charge in [0.25, 0.3) is 0 Å². The van der Waals surface area contributed by atoms with Crippen LogP contribution in [0.3, 0.4) is 0 Å². The van der Waals surface area contributed by atoms with Gasteiger partial charge in [0.2, 0.25) is 6.29 Å². The highest BCUT2D eigenvalue weighted by Crippen LogP contribution is 2.44. The quantitative estimate of drug-likeness (QED) is 0.121. The van der Waals surface area contributed by atoms with E-state index >= 15 is 0 Å². The normalized spacial score (nSPS) is 34.0. The van der Waals surface area contributed by atoms with Crippen LogP contribution in [0, 0.1) is 23.9 Å². The van der Waals surface area contributed by atoms with E-state index in [0.29, 0.717) is 44.3 Å². The van der Waals surface area contributed by atoms with Crippen LogP contribution in [0.4, 0.5) is 0 Å². The predicted octanol–water partition coefficient (Wildman–Crippen LogP) is 3.11. The lowest BCUT2D eigenvalue weighted by Gasteiger charge is -2.50. The van der Waals surface area contributed by atoms with Crippen LogP contribution in [0.2, 0.25) is 0 Å². The van der Waals surface area contributed by atoms with Gasteiger partial charge in [0.05, 0.1) is 17.3 Å². The number of ether oxygens (including phenoxy) is 3. The number of hydrogen-bond acceptors (Lipinski definition) is 10. The second-order valence-corrected chi connectivity index (χ2v) is 14.2. The molecule has 6 rings (SSSR count). The number of carboxylic acid groups (broad SMARTS) is 1. The molecule has 0 radical (unpaired) electrons. The Labute approximate surface area is 293 Å². The number of fused-ring (bicyclic) bond motifs is 8. The number of hydrogen-bond donors (Lipinski definition) is 7. The first-order valence-electron chi connectivity index (χ1n) is 17.5. The van der Waals surface area contributed by atoms with Gasteiger partial charge in [-0.3, -0.25) is 0 Å². The maximum atomic E-state index is 12.3. The Kier molecular flexibility index (Phi) is 12.6. The van der Waals surface area contributed by atoms with Crippen LogP contribution in [-0.4, -0.2) is 96.3 Å². The maximum Gasteiger partial charge on any atom is 0.335 e. The van der Waals surface area contributed by atoms with Crippen molar-refractivity contribution in [2.45, 2.75) is 119 Å². The number of aliphatic hydroxyl groups excluding tert-OH is 4. The fourth-order valence-electron chi connectivity index (χ4n) is 7.65. The zero-order valence-corrected chi connectivity index (χ0v) is 28.3. The second kappa shape index (κ2) is 16.7. The minimum absolute atomic E-state index is 0.00131. The van der Waals surface area contributed by atoms with Crippen LogP contribution in [0.1, 0.15) is 79.3 Å². The van der Waals surface area contributed by atoms with Gasteiger partial charge in [0.1, 0.15) is 36.3 Å². The van der Waals surface area contributed by atoms with Gasteiger partial charge in [-0.1, -0.05) is 36.3 Å². The Bertz CT molecular complexity index is 1480. The number of benzene rings is 2. The van der Waals surface area contributed by atoms with Gasteiger partial charge in [0, 0.05) is 13.0 Å². The van der Waals surface area contributed by atoms with Gasteiger partial charge < -0.3 is 50.0 Å². The minimum Gasteiger partial charge on any atom is -0.478 e. The summed E-state index contributed by atoms with van der Waals surface area (Å²) >= 11 is 0. The lowest BCUT2D eigenvalue weighted by Crippen LogP contribution is -2.70. The zero-order valence-electron chi connectivity index (χ0n) is 28.3. The first kappa shape index (κ1) is 37.8. The molecule has 272 valence electrons. The number of aliphatic hydroxyl groups is 6. The van der Waals surface area contributed by atoms with E-state index in [1.807, 2.05) is 12.1 Å². The van der Waals surface area contributed by atoms with E-state index in [-0.39, 0.29) is 43.8 Å². The smallest absolute Gasteiger partial charge is 0.335 e. The van der Waals surface area contributed by atoms with Crippen molar-refractivity contribution in [2.75, 3.05) is 6.61 Å².